The Bertz CT molecular complexity index is 557. The number of hydrogen-bond donors (Lipinski definition) is 1. The maximum atomic E-state index is 12.0. The molecule has 0 atom stereocenters. The van der Waals surface area contributed by atoms with E-state index in [0.29, 0.717) is 36.5 Å². The Morgan fingerprint density at radius 3 is 2.83 bits per heavy atom. The molecule has 23 heavy (non-hydrogen) atoms. The fourth-order valence-electron chi connectivity index (χ4n) is 1.64. The summed E-state index contributed by atoms with van der Waals surface area (Å²) in [6, 6.07) is 8.99. The van der Waals surface area contributed by atoms with Crippen molar-refractivity contribution in [1.29, 1.82) is 5.26 Å². The number of methoxy groups -OCH3 is 1. The number of amides is 1. The van der Waals surface area contributed by atoms with Crippen LogP contribution < -0.4 is 5.32 Å². The molecule has 0 aliphatic rings. The maximum absolute atomic E-state index is 12.0. The molecule has 124 valence electrons. The van der Waals surface area contributed by atoms with Gasteiger partial charge in [-0.2, -0.15) is 5.26 Å². The number of carbonyl (C=O) groups is 2. The second-order valence-electron chi connectivity index (χ2n) is 4.53. The van der Waals surface area contributed by atoms with Crippen molar-refractivity contribution in [3.8, 4) is 6.07 Å². The molecule has 1 rings (SSSR count). The van der Waals surface area contributed by atoms with Gasteiger partial charge < -0.3 is 14.8 Å². The fourth-order valence-corrected chi connectivity index (χ4v) is 2.51. The van der Waals surface area contributed by atoms with Crippen LogP contribution in [-0.2, 0) is 14.3 Å². The lowest BCUT2D eigenvalue weighted by Gasteiger charge is -2.09. The zero-order valence-electron chi connectivity index (χ0n) is 13.0. The van der Waals surface area contributed by atoms with Crippen molar-refractivity contribution in [3.63, 3.8) is 0 Å². The summed E-state index contributed by atoms with van der Waals surface area (Å²) >= 11 is 1.28. The first kappa shape index (κ1) is 19.0. The van der Waals surface area contributed by atoms with E-state index in [1.165, 1.54) is 11.8 Å². The fraction of sp³-hybridized carbons (Fsp3) is 0.438. The molecule has 0 aliphatic carbocycles. The Morgan fingerprint density at radius 2 is 2.09 bits per heavy atom. The molecule has 0 saturated carbocycles. The van der Waals surface area contributed by atoms with Crippen LogP contribution in [0.15, 0.2) is 29.2 Å². The number of nitrogens with one attached hydrogen (secondary N) is 1. The van der Waals surface area contributed by atoms with Crippen LogP contribution in [-0.4, -0.2) is 44.5 Å². The van der Waals surface area contributed by atoms with Gasteiger partial charge in [0.05, 0.1) is 30.6 Å². The predicted octanol–water partition coefficient (Wildman–Crippen LogP) is 2.00. The minimum atomic E-state index is -0.439. The van der Waals surface area contributed by atoms with E-state index in [1.807, 2.05) is 6.07 Å². The van der Waals surface area contributed by atoms with Crippen molar-refractivity contribution in [1.82, 2.24) is 5.32 Å². The molecule has 0 saturated heterocycles. The molecule has 0 spiro atoms. The van der Waals surface area contributed by atoms with Crippen LogP contribution in [0, 0.1) is 11.3 Å². The summed E-state index contributed by atoms with van der Waals surface area (Å²) in [4.78, 5) is 24.4. The van der Waals surface area contributed by atoms with E-state index in [1.54, 1.807) is 31.4 Å². The summed E-state index contributed by atoms with van der Waals surface area (Å²) in [6.07, 6.45) is 0.866. The lowest BCUT2D eigenvalue weighted by Crippen LogP contribution is -2.28. The van der Waals surface area contributed by atoms with Gasteiger partial charge in [0.25, 0.3) is 0 Å². The summed E-state index contributed by atoms with van der Waals surface area (Å²) in [7, 11) is 1.57. The number of hydrogen-bond acceptors (Lipinski definition) is 6. The standard InChI is InChI=1S/C16H20N2O4S/c1-21-11-9-18-15(19)12-23-14-7-3-2-6-13(14)16(20)22-10-5-4-8-17/h2-3,6-7H,4-5,9-12H2,1H3,(H,18,19). The number of thioether (sulfide) groups is 1. The predicted molar refractivity (Wildman–Crippen MR) is 87.2 cm³/mol. The van der Waals surface area contributed by atoms with Gasteiger partial charge in [-0.05, 0) is 18.6 Å². The van der Waals surface area contributed by atoms with Gasteiger partial charge in [0, 0.05) is 25.0 Å². The molecule has 0 radical (unpaired) electrons. The topological polar surface area (TPSA) is 88.4 Å². The molecule has 6 nitrogen and oxygen atoms in total. The highest BCUT2D eigenvalue weighted by atomic mass is 32.2. The van der Waals surface area contributed by atoms with Gasteiger partial charge in [0.15, 0.2) is 0 Å². The zero-order chi connectivity index (χ0) is 16.9. The molecular weight excluding hydrogens is 316 g/mol. The van der Waals surface area contributed by atoms with Crippen molar-refractivity contribution < 1.29 is 19.1 Å². The summed E-state index contributed by atoms with van der Waals surface area (Å²) < 4.78 is 9.99. The lowest BCUT2D eigenvalue weighted by atomic mass is 10.2. The molecule has 0 heterocycles. The molecule has 1 aromatic carbocycles. The molecule has 0 aliphatic heterocycles. The quantitative estimate of drug-likeness (QED) is 0.399. The van der Waals surface area contributed by atoms with E-state index >= 15 is 0 Å². The van der Waals surface area contributed by atoms with E-state index in [2.05, 4.69) is 5.32 Å². The van der Waals surface area contributed by atoms with Crippen LogP contribution in [0.1, 0.15) is 23.2 Å². The molecular formula is C16H20N2O4S. The summed E-state index contributed by atoms with van der Waals surface area (Å²) in [5.41, 5.74) is 0.430. The Kier molecular flexibility index (Phi) is 9.52. The van der Waals surface area contributed by atoms with Crippen LogP contribution in [0.25, 0.3) is 0 Å². The third-order valence-corrected chi connectivity index (χ3v) is 3.83. The Balaban J connectivity index is 2.51. The number of nitrogens with zero attached hydrogens (tertiary/aromatic N) is 1. The van der Waals surface area contributed by atoms with Gasteiger partial charge in [-0.3, -0.25) is 4.79 Å². The van der Waals surface area contributed by atoms with Crippen LogP contribution in [0.2, 0.25) is 0 Å². The second-order valence-corrected chi connectivity index (χ2v) is 5.54. The summed E-state index contributed by atoms with van der Waals surface area (Å²) in [5.74, 6) is -0.349. The van der Waals surface area contributed by atoms with E-state index < -0.39 is 5.97 Å². The average Bonchev–Trinajstić information content (AvgIpc) is 2.57. The van der Waals surface area contributed by atoms with Gasteiger partial charge in [0.1, 0.15) is 0 Å². The van der Waals surface area contributed by atoms with Crippen molar-refractivity contribution in [3.05, 3.63) is 29.8 Å². The van der Waals surface area contributed by atoms with Crippen LogP contribution >= 0.6 is 11.8 Å². The Morgan fingerprint density at radius 1 is 1.30 bits per heavy atom. The first-order valence-corrected chi connectivity index (χ1v) is 8.19. The van der Waals surface area contributed by atoms with Gasteiger partial charge in [-0.15, -0.1) is 11.8 Å². The van der Waals surface area contributed by atoms with E-state index in [4.69, 9.17) is 14.7 Å². The molecule has 1 N–H and O–H groups in total. The zero-order valence-corrected chi connectivity index (χ0v) is 13.9. The number of benzene rings is 1. The van der Waals surface area contributed by atoms with Crippen molar-refractivity contribution in [2.24, 2.45) is 0 Å². The normalized spacial score (nSPS) is 9.91. The van der Waals surface area contributed by atoms with Gasteiger partial charge >= 0.3 is 5.97 Å². The van der Waals surface area contributed by atoms with E-state index in [-0.39, 0.29) is 18.3 Å². The molecule has 0 aromatic heterocycles. The highest BCUT2D eigenvalue weighted by molar-refractivity contribution is 8.00. The molecule has 1 amide bonds. The van der Waals surface area contributed by atoms with Gasteiger partial charge in [-0.1, -0.05) is 12.1 Å². The minimum absolute atomic E-state index is 0.121. The number of carbonyl (C=O) groups excluding carboxylic acids is 2. The van der Waals surface area contributed by atoms with Crippen molar-refractivity contribution >= 4 is 23.6 Å². The molecule has 7 heteroatoms. The largest absolute Gasteiger partial charge is 0.462 e. The SMILES string of the molecule is COCCNC(=O)CSc1ccccc1C(=O)OCCCC#N. The highest BCUT2D eigenvalue weighted by Crippen LogP contribution is 2.23. The van der Waals surface area contributed by atoms with Crippen LogP contribution in [0.4, 0.5) is 0 Å². The summed E-state index contributed by atoms with van der Waals surface area (Å²) in [6.45, 7) is 1.13. The lowest BCUT2D eigenvalue weighted by molar-refractivity contribution is -0.118. The monoisotopic (exact) mass is 336 g/mol. The Hall–Kier alpha value is -2.04. The second kappa shape index (κ2) is 11.5. The third-order valence-electron chi connectivity index (χ3n) is 2.76. The average molecular weight is 336 g/mol. The maximum Gasteiger partial charge on any atom is 0.339 e. The van der Waals surface area contributed by atoms with Crippen LogP contribution in [0.3, 0.4) is 0 Å². The number of esters is 1. The molecule has 0 unspecified atom stereocenters. The molecule has 0 fully saturated rings. The molecule has 0 bridgehead atoms. The molecule has 1 aromatic rings. The van der Waals surface area contributed by atoms with Crippen molar-refractivity contribution in [2.45, 2.75) is 17.7 Å². The number of unbranched alkanes of at least 4 members (excludes halogenated alkanes) is 1. The summed E-state index contributed by atoms with van der Waals surface area (Å²) in [5, 5.41) is 11.2. The van der Waals surface area contributed by atoms with Gasteiger partial charge in [0.2, 0.25) is 5.91 Å². The Labute approximate surface area is 140 Å². The van der Waals surface area contributed by atoms with E-state index in [9.17, 15) is 9.59 Å². The number of ether oxygens (including phenoxy) is 2. The van der Waals surface area contributed by atoms with E-state index in [0.717, 1.165) is 0 Å². The number of nitriles is 1. The number of rotatable bonds is 10. The van der Waals surface area contributed by atoms with Crippen molar-refractivity contribution in [2.75, 3.05) is 32.6 Å². The smallest absolute Gasteiger partial charge is 0.339 e. The van der Waals surface area contributed by atoms with Crippen LogP contribution in [0.5, 0.6) is 0 Å². The first-order valence-electron chi connectivity index (χ1n) is 7.20. The van der Waals surface area contributed by atoms with Gasteiger partial charge in [-0.25, -0.2) is 4.79 Å². The minimum Gasteiger partial charge on any atom is -0.462 e. The third kappa shape index (κ3) is 7.68. The first-order chi connectivity index (χ1) is 11.2. The highest BCUT2D eigenvalue weighted by Gasteiger charge is 2.13.